The molecule has 1 aliphatic carbocycles. The molecular formula is C9H17O. The van der Waals surface area contributed by atoms with Crippen LogP contribution in [0.4, 0.5) is 0 Å². The van der Waals surface area contributed by atoms with Gasteiger partial charge in [-0.1, -0.05) is 26.2 Å². The quantitative estimate of drug-likeness (QED) is 0.638. The zero-order valence-corrected chi connectivity index (χ0v) is 6.55. The van der Waals surface area contributed by atoms with Crippen molar-refractivity contribution in [3.05, 3.63) is 6.92 Å². The lowest BCUT2D eigenvalue weighted by molar-refractivity contribution is 0.103. The number of aliphatic hydroxyl groups excluding tert-OH is 1. The minimum Gasteiger partial charge on any atom is -0.393 e. The molecule has 1 atom stereocenters. The van der Waals surface area contributed by atoms with Crippen molar-refractivity contribution in [1.29, 1.82) is 0 Å². The maximum atomic E-state index is 9.51. The average molecular weight is 141 g/mol. The first-order valence-corrected chi connectivity index (χ1v) is 4.32. The first kappa shape index (κ1) is 8.06. The monoisotopic (exact) mass is 141 g/mol. The standard InChI is InChI=1S/C9H17O/c1-2-5-9(10)8-6-3-4-7-8/h8-10H,1-7H2. The highest BCUT2D eigenvalue weighted by Gasteiger charge is 2.21. The molecule has 0 bridgehead atoms. The Morgan fingerprint density at radius 3 is 2.50 bits per heavy atom. The third-order valence-electron chi connectivity index (χ3n) is 2.44. The molecule has 10 heavy (non-hydrogen) atoms. The summed E-state index contributed by atoms with van der Waals surface area (Å²) < 4.78 is 0. The van der Waals surface area contributed by atoms with Gasteiger partial charge in [0, 0.05) is 0 Å². The fraction of sp³-hybridized carbons (Fsp3) is 0.889. The van der Waals surface area contributed by atoms with Crippen molar-refractivity contribution >= 4 is 0 Å². The van der Waals surface area contributed by atoms with Crippen LogP contribution < -0.4 is 0 Å². The van der Waals surface area contributed by atoms with Crippen LogP contribution in [0, 0.1) is 12.8 Å². The van der Waals surface area contributed by atoms with Gasteiger partial charge in [-0.15, -0.1) is 0 Å². The molecule has 0 aliphatic heterocycles. The second-order valence-corrected chi connectivity index (χ2v) is 3.25. The summed E-state index contributed by atoms with van der Waals surface area (Å²) in [7, 11) is 0. The highest BCUT2D eigenvalue weighted by atomic mass is 16.3. The first-order chi connectivity index (χ1) is 4.84. The molecule has 0 saturated heterocycles. The maximum Gasteiger partial charge on any atom is 0.0568 e. The molecule has 1 fully saturated rings. The van der Waals surface area contributed by atoms with E-state index in [0.717, 1.165) is 12.8 Å². The van der Waals surface area contributed by atoms with Gasteiger partial charge in [0.25, 0.3) is 0 Å². The van der Waals surface area contributed by atoms with Crippen LogP contribution in [0.2, 0.25) is 0 Å². The Labute approximate surface area is 63.4 Å². The predicted molar refractivity (Wildman–Crippen MR) is 42.6 cm³/mol. The predicted octanol–water partition coefficient (Wildman–Crippen LogP) is 2.15. The third kappa shape index (κ3) is 1.98. The largest absolute Gasteiger partial charge is 0.393 e. The molecule has 1 N–H and O–H groups in total. The summed E-state index contributed by atoms with van der Waals surface area (Å²) in [4.78, 5) is 0. The molecule has 0 heterocycles. The molecular weight excluding hydrogens is 124 g/mol. The Hall–Kier alpha value is -0.0400. The zero-order chi connectivity index (χ0) is 7.40. The summed E-state index contributed by atoms with van der Waals surface area (Å²) in [5.41, 5.74) is 0. The van der Waals surface area contributed by atoms with Crippen molar-refractivity contribution in [3.8, 4) is 0 Å². The van der Waals surface area contributed by atoms with Gasteiger partial charge < -0.3 is 5.11 Å². The van der Waals surface area contributed by atoms with Gasteiger partial charge >= 0.3 is 0 Å². The Balaban J connectivity index is 2.18. The Bertz CT molecular complexity index is 84.7. The number of rotatable bonds is 3. The van der Waals surface area contributed by atoms with Crippen molar-refractivity contribution in [2.24, 2.45) is 5.92 Å². The van der Waals surface area contributed by atoms with Crippen LogP contribution in [0.5, 0.6) is 0 Å². The van der Waals surface area contributed by atoms with E-state index in [4.69, 9.17) is 0 Å². The minimum atomic E-state index is -0.0556. The first-order valence-electron chi connectivity index (χ1n) is 4.32. The van der Waals surface area contributed by atoms with Crippen molar-refractivity contribution < 1.29 is 5.11 Å². The molecule has 1 saturated carbocycles. The van der Waals surface area contributed by atoms with Crippen LogP contribution in [-0.4, -0.2) is 11.2 Å². The van der Waals surface area contributed by atoms with E-state index in [2.05, 4.69) is 6.92 Å². The highest BCUT2D eigenvalue weighted by molar-refractivity contribution is 4.74. The molecule has 0 spiro atoms. The van der Waals surface area contributed by atoms with E-state index < -0.39 is 0 Å². The number of hydrogen-bond acceptors (Lipinski definition) is 1. The second-order valence-electron chi connectivity index (χ2n) is 3.25. The van der Waals surface area contributed by atoms with Crippen LogP contribution in [0.3, 0.4) is 0 Å². The van der Waals surface area contributed by atoms with Crippen molar-refractivity contribution in [3.63, 3.8) is 0 Å². The number of aliphatic hydroxyl groups is 1. The van der Waals surface area contributed by atoms with Gasteiger partial charge in [-0.2, -0.15) is 0 Å². The minimum absolute atomic E-state index is 0.0556. The van der Waals surface area contributed by atoms with Crippen LogP contribution in [0.1, 0.15) is 38.5 Å². The van der Waals surface area contributed by atoms with Crippen LogP contribution in [-0.2, 0) is 0 Å². The van der Waals surface area contributed by atoms with Crippen LogP contribution in [0.15, 0.2) is 0 Å². The molecule has 1 unspecified atom stereocenters. The van der Waals surface area contributed by atoms with Gasteiger partial charge in [0.2, 0.25) is 0 Å². The summed E-state index contributed by atoms with van der Waals surface area (Å²) in [6.45, 7) is 3.74. The lowest BCUT2D eigenvalue weighted by Crippen LogP contribution is -2.16. The van der Waals surface area contributed by atoms with E-state index in [9.17, 15) is 5.11 Å². The molecule has 59 valence electrons. The van der Waals surface area contributed by atoms with Gasteiger partial charge in [-0.05, 0) is 25.2 Å². The summed E-state index contributed by atoms with van der Waals surface area (Å²) >= 11 is 0. The molecule has 1 rings (SSSR count). The molecule has 1 heteroatoms. The van der Waals surface area contributed by atoms with Crippen molar-refractivity contribution in [2.45, 2.75) is 44.6 Å². The van der Waals surface area contributed by atoms with E-state index >= 15 is 0 Å². The topological polar surface area (TPSA) is 20.2 Å². The summed E-state index contributed by atoms with van der Waals surface area (Å²) in [6, 6.07) is 0. The molecule has 1 aliphatic rings. The SMILES string of the molecule is [CH2]CCC(O)C1CCCC1. The second kappa shape index (κ2) is 3.97. The van der Waals surface area contributed by atoms with Crippen molar-refractivity contribution in [1.82, 2.24) is 0 Å². The molecule has 0 aromatic rings. The van der Waals surface area contributed by atoms with Gasteiger partial charge in [0.15, 0.2) is 0 Å². The molecule has 1 radical (unpaired) electrons. The van der Waals surface area contributed by atoms with E-state index in [1.54, 1.807) is 0 Å². The Kier molecular flexibility index (Phi) is 3.20. The van der Waals surface area contributed by atoms with Crippen molar-refractivity contribution in [2.75, 3.05) is 0 Å². The Morgan fingerprint density at radius 2 is 2.00 bits per heavy atom. The fourth-order valence-electron chi connectivity index (χ4n) is 1.79. The lowest BCUT2D eigenvalue weighted by Gasteiger charge is -2.15. The molecule has 0 aromatic heterocycles. The maximum absolute atomic E-state index is 9.51. The average Bonchev–Trinajstić information content (AvgIpc) is 2.38. The summed E-state index contributed by atoms with van der Waals surface area (Å²) in [5.74, 6) is 0.599. The molecule has 0 amide bonds. The van der Waals surface area contributed by atoms with E-state index in [0.29, 0.717) is 5.92 Å². The molecule has 0 aromatic carbocycles. The van der Waals surface area contributed by atoms with E-state index in [-0.39, 0.29) is 6.10 Å². The summed E-state index contributed by atoms with van der Waals surface area (Å²) in [5, 5.41) is 9.51. The van der Waals surface area contributed by atoms with E-state index in [1.165, 1.54) is 25.7 Å². The van der Waals surface area contributed by atoms with Gasteiger partial charge in [-0.3, -0.25) is 0 Å². The molecule has 1 nitrogen and oxygen atoms in total. The normalized spacial score (nSPS) is 23.4. The zero-order valence-electron chi connectivity index (χ0n) is 6.55. The smallest absolute Gasteiger partial charge is 0.0568 e. The van der Waals surface area contributed by atoms with E-state index in [1.807, 2.05) is 0 Å². The fourth-order valence-corrected chi connectivity index (χ4v) is 1.79. The van der Waals surface area contributed by atoms with Crippen LogP contribution in [0.25, 0.3) is 0 Å². The highest BCUT2D eigenvalue weighted by Crippen LogP contribution is 2.29. The van der Waals surface area contributed by atoms with Crippen LogP contribution >= 0.6 is 0 Å². The Morgan fingerprint density at radius 1 is 1.40 bits per heavy atom. The van der Waals surface area contributed by atoms with Gasteiger partial charge in [0.1, 0.15) is 0 Å². The lowest BCUT2D eigenvalue weighted by atomic mass is 9.97. The summed E-state index contributed by atoms with van der Waals surface area (Å²) in [6.07, 6.45) is 6.82. The van der Waals surface area contributed by atoms with Gasteiger partial charge in [0.05, 0.1) is 6.10 Å². The third-order valence-corrected chi connectivity index (χ3v) is 2.44. The number of hydrogen-bond donors (Lipinski definition) is 1. The van der Waals surface area contributed by atoms with Gasteiger partial charge in [-0.25, -0.2) is 0 Å².